The van der Waals surface area contributed by atoms with Gasteiger partial charge in [-0.05, 0) is 37.1 Å². The number of aromatic hydroxyl groups is 2. The summed E-state index contributed by atoms with van der Waals surface area (Å²) in [6, 6.07) is 10.8. The van der Waals surface area contributed by atoms with Gasteiger partial charge in [-0.1, -0.05) is 24.3 Å². The number of hydrogen-bond donors (Lipinski definition) is 2. The van der Waals surface area contributed by atoms with Crippen molar-refractivity contribution in [3.05, 3.63) is 53.1 Å². The molecule has 0 heterocycles. The maximum Gasteiger partial charge on any atom is 0.166 e. The van der Waals surface area contributed by atoms with Gasteiger partial charge in [-0.3, -0.25) is 4.99 Å². The van der Waals surface area contributed by atoms with Gasteiger partial charge in [-0.15, -0.1) is 0 Å². The molecule has 2 aromatic carbocycles. The second-order valence-electron chi connectivity index (χ2n) is 4.21. The van der Waals surface area contributed by atoms with Crippen molar-refractivity contribution < 1.29 is 10.2 Å². The van der Waals surface area contributed by atoms with Crippen LogP contribution < -0.4 is 0 Å². The minimum absolute atomic E-state index is 0.138. The Morgan fingerprint density at radius 2 is 1.56 bits per heavy atom. The Balaban J connectivity index is 2.39. The lowest BCUT2D eigenvalue weighted by Crippen LogP contribution is -1.84. The molecule has 2 N–H and O–H groups in total. The summed E-state index contributed by atoms with van der Waals surface area (Å²) in [6.45, 7) is 3.98. The van der Waals surface area contributed by atoms with Gasteiger partial charge in [0.1, 0.15) is 0 Å². The zero-order chi connectivity index (χ0) is 13.1. The standard InChI is InChI=1S/C15H15NO2/c1-10-5-3-6-11(2)14(10)16-9-12-7-4-8-13(17)15(12)18/h3-9,17-18H,1-2H3. The maximum atomic E-state index is 9.67. The quantitative estimate of drug-likeness (QED) is 0.625. The Labute approximate surface area is 106 Å². The number of aryl methyl sites for hydroxylation is 2. The van der Waals surface area contributed by atoms with Gasteiger partial charge in [0.05, 0.1) is 5.69 Å². The summed E-state index contributed by atoms with van der Waals surface area (Å²) in [4.78, 5) is 4.38. The van der Waals surface area contributed by atoms with Crippen molar-refractivity contribution in [2.24, 2.45) is 4.99 Å². The van der Waals surface area contributed by atoms with Gasteiger partial charge in [-0.2, -0.15) is 0 Å². The zero-order valence-electron chi connectivity index (χ0n) is 10.4. The molecule has 0 atom stereocenters. The highest BCUT2D eigenvalue weighted by Crippen LogP contribution is 2.28. The fourth-order valence-corrected chi connectivity index (χ4v) is 1.80. The van der Waals surface area contributed by atoms with Crippen LogP contribution in [0.3, 0.4) is 0 Å². The molecule has 92 valence electrons. The van der Waals surface area contributed by atoms with Gasteiger partial charge in [0.15, 0.2) is 11.5 Å². The molecule has 0 fully saturated rings. The summed E-state index contributed by atoms with van der Waals surface area (Å²) in [6.07, 6.45) is 1.56. The molecule has 0 bridgehead atoms. The lowest BCUT2D eigenvalue weighted by molar-refractivity contribution is 0.403. The van der Waals surface area contributed by atoms with Crippen LogP contribution in [0.4, 0.5) is 5.69 Å². The first kappa shape index (κ1) is 12.2. The molecule has 0 amide bonds. The van der Waals surface area contributed by atoms with Crippen LogP contribution in [0.25, 0.3) is 0 Å². The number of benzene rings is 2. The first-order valence-corrected chi connectivity index (χ1v) is 5.71. The van der Waals surface area contributed by atoms with Crippen molar-refractivity contribution in [3.63, 3.8) is 0 Å². The lowest BCUT2D eigenvalue weighted by atomic mass is 10.1. The van der Waals surface area contributed by atoms with Gasteiger partial charge in [0.2, 0.25) is 0 Å². The first-order chi connectivity index (χ1) is 8.59. The molecule has 0 saturated carbocycles. The molecule has 0 aliphatic rings. The average Bonchev–Trinajstić information content (AvgIpc) is 2.33. The zero-order valence-corrected chi connectivity index (χ0v) is 10.4. The van der Waals surface area contributed by atoms with Gasteiger partial charge in [0.25, 0.3) is 0 Å². The fourth-order valence-electron chi connectivity index (χ4n) is 1.80. The highest BCUT2D eigenvalue weighted by atomic mass is 16.3. The molecule has 3 heteroatoms. The number of nitrogens with zero attached hydrogens (tertiary/aromatic N) is 1. The lowest BCUT2D eigenvalue weighted by Gasteiger charge is -2.04. The summed E-state index contributed by atoms with van der Waals surface area (Å²) in [7, 11) is 0. The van der Waals surface area contributed by atoms with Gasteiger partial charge >= 0.3 is 0 Å². The van der Waals surface area contributed by atoms with Crippen LogP contribution in [0.1, 0.15) is 16.7 Å². The first-order valence-electron chi connectivity index (χ1n) is 5.71. The third kappa shape index (κ3) is 2.35. The van der Waals surface area contributed by atoms with Crippen molar-refractivity contribution >= 4 is 11.9 Å². The molecule has 0 aromatic heterocycles. The van der Waals surface area contributed by atoms with E-state index in [1.54, 1.807) is 18.3 Å². The van der Waals surface area contributed by atoms with E-state index < -0.39 is 0 Å². The SMILES string of the molecule is Cc1cccc(C)c1N=Cc1cccc(O)c1O. The third-order valence-electron chi connectivity index (χ3n) is 2.82. The van der Waals surface area contributed by atoms with Crippen LogP contribution >= 0.6 is 0 Å². The Morgan fingerprint density at radius 1 is 0.944 bits per heavy atom. The molecule has 0 saturated heterocycles. The van der Waals surface area contributed by atoms with Crippen molar-refractivity contribution in [3.8, 4) is 11.5 Å². The minimum Gasteiger partial charge on any atom is -0.504 e. The molecule has 3 nitrogen and oxygen atoms in total. The van der Waals surface area contributed by atoms with Crippen LogP contribution in [0.15, 0.2) is 41.4 Å². The van der Waals surface area contributed by atoms with E-state index in [1.165, 1.54) is 6.07 Å². The Bertz CT molecular complexity index is 583. The molecular formula is C15H15NO2. The van der Waals surface area contributed by atoms with Gasteiger partial charge < -0.3 is 10.2 Å². The van der Waals surface area contributed by atoms with Crippen molar-refractivity contribution in [1.82, 2.24) is 0 Å². The van der Waals surface area contributed by atoms with E-state index in [9.17, 15) is 10.2 Å². The Hall–Kier alpha value is -2.29. The van der Waals surface area contributed by atoms with Gasteiger partial charge in [0, 0.05) is 11.8 Å². The molecular weight excluding hydrogens is 226 g/mol. The molecule has 2 aromatic rings. The number of rotatable bonds is 2. The number of para-hydroxylation sites is 2. The second kappa shape index (κ2) is 4.92. The van der Waals surface area contributed by atoms with E-state index in [1.807, 2.05) is 32.0 Å². The van der Waals surface area contributed by atoms with E-state index in [-0.39, 0.29) is 11.5 Å². The minimum atomic E-state index is -0.146. The maximum absolute atomic E-state index is 9.67. The highest BCUT2D eigenvalue weighted by molar-refractivity contribution is 5.87. The predicted molar refractivity (Wildman–Crippen MR) is 72.9 cm³/mol. The Kier molecular flexibility index (Phi) is 3.33. The molecule has 0 aliphatic carbocycles. The third-order valence-corrected chi connectivity index (χ3v) is 2.82. The van der Waals surface area contributed by atoms with Crippen LogP contribution in [0, 0.1) is 13.8 Å². The summed E-state index contributed by atoms with van der Waals surface area (Å²) < 4.78 is 0. The number of phenols is 2. The topological polar surface area (TPSA) is 52.8 Å². The molecule has 2 rings (SSSR count). The van der Waals surface area contributed by atoms with E-state index in [0.29, 0.717) is 5.56 Å². The number of phenolic OH excluding ortho intramolecular Hbond substituents is 2. The van der Waals surface area contributed by atoms with Crippen LogP contribution in [0.2, 0.25) is 0 Å². The van der Waals surface area contributed by atoms with Crippen molar-refractivity contribution in [2.45, 2.75) is 13.8 Å². The number of aliphatic imine (C=N–C) groups is 1. The summed E-state index contributed by atoms with van der Waals surface area (Å²) >= 11 is 0. The Morgan fingerprint density at radius 3 is 2.22 bits per heavy atom. The second-order valence-corrected chi connectivity index (χ2v) is 4.21. The van der Waals surface area contributed by atoms with E-state index in [4.69, 9.17) is 0 Å². The predicted octanol–water partition coefficient (Wildman–Crippen LogP) is 3.47. The van der Waals surface area contributed by atoms with Crippen LogP contribution in [0.5, 0.6) is 11.5 Å². The smallest absolute Gasteiger partial charge is 0.166 e. The largest absolute Gasteiger partial charge is 0.504 e. The molecule has 0 radical (unpaired) electrons. The van der Waals surface area contributed by atoms with Gasteiger partial charge in [-0.25, -0.2) is 0 Å². The molecule has 0 spiro atoms. The fraction of sp³-hybridized carbons (Fsp3) is 0.133. The normalized spacial score (nSPS) is 11.0. The summed E-state index contributed by atoms with van der Waals surface area (Å²) in [5, 5.41) is 19.1. The monoisotopic (exact) mass is 241 g/mol. The van der Waals surface area contributed by atoms with E-state index in [2.05, 4.69) is 4.99 Å². The molecule has 18 heavy (non-hydrogen) atoms. The van der Waals surface area contributed by atoms with E-state index >= 15 is 0 Å². The van der Waals surface area contributed by atoms with Crippen LogP contribution in [-0.4, -0.2) is 16.4 Å². The van der Waals surface area contributed by atoms with Crippen molar-refractivity contribution in [1.29, 1.82) is 0 Å². The summed E-state index contributed by atoms with van der Waals surface area (Å²) in [5.74, 6) is -0.284. The van der Waals surface area contributed by atoms with Crippen molar-refractivity contribution in [2.75, 3.05) is 0 Å². The molecule has 0 aliphatic heterocycles. The highest BCUT2D eigenvalue weighted by Gasteiger charge is 2.04. The van der Waals surface area contributed by atoms with Crippen LogP contribution in [-0.2, 0) is 0 Å². The average molecular weight is 241 g/mol. The summed E-state index contributed by atoms with van der Waals surface area (Å²) in [5.41, 5.74) is 3.54. The number of hydrogen-bond acceptors (Lipinski definition) is 3. The van der Waals surface area contributed by atoms with E-state index in [0.717, 1.165) is 16.8 Å². The molecule has 0 unspecified atom stereocenters.